The fourth-order valence-electron chi connectivity index (χ4n) is 2.32. The van der Waals surface area contributed by atoms with E-state index in [4.69, 9.17) is 0 Å². The van der Waals surface area contributed by atoms with Gasteiger partial charge in [-0.25, -0.2) is 0 Å². The molecule has 2 aromatic rings. The van der Waals surface area contributed by atoms with Gasteiger partial charge in [0.25, 0.3) is 0 Å². The van der Waals surface area contributed by atoms with Gasteiger partial charge in [0.2, 0.25) is 0 Å². The number of nitrogens with one attached hydrogen (secondary N) is 1. The maximum Gasteiger partial charge on any atom is 0.122 e. The second kappa shape index (κ2) is 6.00. The lowest BCUT2D eigenvalue weighted by molar-refractivity contribution is 0.454. The Morgan fingerprint density at radius 3 is 1.75 bits per heavy atom. The topological polar surface area (TPSA) is 32.3 Å². The third-order valence-electron chi connectivity index (χ3n) is 3.48. The number of hydrogen-bond acceptors (Lipinski definition) is 2. The quantitative estimate of drug-likeness (QED) is 0.730. The van der Waals surface area contributed by atoms with Crippen molar-refractivity contribution in [1.82, 2.24) is 0 Å². The molecule has 0 aliphatic heterocycles. The normalized spacial score (nSPS) is 11.1. The highest BCUT2D eigenvalue weighted by atomic mass is 16.3. The maximum atomic E-state index is 10.4. The maximum absolute atomic E-state index is 10.4. The van der Waals surface area contributed by atoms with Gasteiger partial charge < -0.3 is 10.4 Å². The first-order valence-electron chi connectivity index (χ1n) is 7.18. The van der Waals surface area contributed by atoms with Gasteiger partial charge in [-0.05, 0) is 47.2 Å². The van der Waals surface area contributed by atoms with Crippen LogP contribution in [0, 0.1) is 0 Å². The summed E-state index contributed by atoms with van der Waals surface area (Å²) in [7, 11) is 0. The van der Waals surface area contributed by atoms with E-state index in [1.54, 1.807) is 0 Å². The van der Waals surface area contributed by atoms with Gasteiger partial charge in [0.15, 0.2) is 0 Å². The predicted octanol–water partition coefficient (Wildman–Crippen LogP) is 5.38. The number of anilines is 2. The molecule has 0 aliphatic carbocycles. The standard InChI is InChI=1S/C18H23NO/c1-12(2)16-10-15(11-17(13(3)4)18(16)20)19-14-8-6-5-7-9-14/h5-13,19-20H,1-4H3. The molecule has 20 heavy (non-hydrogen) atoms. The van der Waals surface area contributed by atoms with Gasteiger partial charge in [0, 0.05) is 11.4 Å². The Morgan fingerprint density at radius 2 is 1.30 bits per heavy atom. The van der Waals surface area contributed by atoms with Crippen LogP contribution >= 0.6 is 0 Å². The van der Waals surface area contributed by atoms with Crippen LogP contribution in [0.25, 0.3) is 0 Å². The molecule has 0 aromatic heterocycles. The third kappa shape index (κ3) is 3.13. The molecular weight excluding hydrogens is 246 g/mol. The number of phenols is 1. The molecule has 2 aromatic carbocycles. The molecule has 0 spiro atoms. The molecule has 0 bridgehead atoms. The van der Waals surface area contributed by atoms with E-state index in [2.05, 4.69) is 33.0 Å². The van der Waals surface area contributed by atoms with Gasteiger partial charge in [-0.3, -0.25) is 0 Å². The lowest BCUT2D eigenvalue weighted by atomic mass is 9.93. The Bertz CT molecular complexity index is 544. The number of aromatic hydroxyl groups is 1. The van der Waals surface area contributed by atoms with Crippen LogP contribution in [-0.4, -0.2) is 5.11 Å². The molecule has 0 heterocycles. The van der Waals surface area contributed by atoms with E-state index in [0.29, 0.717) is 17.6 Å². The summed E-state index contributed by atoms with van der Waals surface area (Å²) in [5.74, 6) is 1.03. The van der Waals surface area contributed by atoms with Crippen LogP contribution in [0.2, 0.25) is 0 Å². The lowest BCUT2D eigenvalue weighted by Crippen LogP contribution is -1.99. The molecule has 2 nitrogen and oxygen atoms in total. The van der Waals surface area contributed by atoms with Crippen LogP contribution < -0.4 is 5.32 Å². The second-order valence-electron chi connectivity index (χ2n) is 5.80. The third-order valence-corrected chi connectivity index (χ3v) is 3.48. The smallest absolute Gasteiger partial charge is 0.122 e. The Hall–Kier alpha value is -1.96. The first-order valence-corrected chi connectivity index (χ1v) is 7.18. The zero-order valence-corrected chi connectivity index (χ0v) is 12.6. The molecule has 0 saturated heterocycles. The summed E-state index contributed by atoms with van der Waals surface area (Å²) >= 11 is 0. The minimum absolute atomic E-state index is 0.296. The number of phenolic OH excluding ortho intramolecular Hbond substituents is 1. The summed E-state index contributed by atoms with van der Waals surface area (Å²) < 4.78 is 0. The van der Waals surface area contributed by atoms with Crippen LogP contribution in [0.15, 0.2) is 42.5 Å². The van der Waals surface area contributed by atoms with Crippen molar-refractivity contribution >= 4 is 11.4 Å². The van der Waals surface area contributed by atoms with Crippen LogP contribution in [0.4, 0.5) is 11.4 Å². The van der Waals surface area contributed by atoms with Crippen molar-refractivity contribution in [3.63, 3.8) is 0 Å². The Balaban J connectivity index is 2.43. The molecule has 0 fully saturated rings. The first kappa shape index (κ1) is 14.4. The van der Waals surface area contributed by atoms with Gasteiger partial charge in [-0.15, -0.1) is 0 Å². The minimum atomic E-state index is 0.296. The first-order chi connectivity index (χ1) is 9.49. The molecule has 2 N–H and O–H groups in total. The molecular formula is C18H23NO. The number of benzene rings is 2. The van der Waals surface area contributed by atoms with E-state index >= 15 is 0 Å². The van der Waals surface area contributed by atoms with Crippen LogP contribution in [0.1, 0.15) is 50.7 Å². The molecule has 0 unspecified atom stereocenters. The summed E-state index contributed by atoms with van der Waals surface area (Å²) in [6, 6.07) is 14.2. The fraction of sp³-hybridized carbons (Fsp3) is 0.333. The van der Waals surface area contributed by atoms with Crippen LogP contribution in [-0.2, 0) is 0 Å². The molecule has 2 rings (SSSR count). The van der Waals surface area contributed by atoms with Gasteiger partial charge in [-0.2, -0.15) is 0 Å². The Labute approximate surface area is 121 Å². The Kier molecular flexibility index (Phi) is 4.33. The zero-order valence-electron chi connectivity index (χ0n) is 12.6. The van der Waals surface area contributed by atoms with Crippen molar-refractivity contribution in [2.75, 3.05) is 5.32 Å². The van der Waals surface area contributed by atoms with E-state index in [1.807, 2.05) is 42.5 Å². The highest BCUT2D eigenvalue weighted by Gasteiger charge is 2.15. The van der Waals surface area contributed by atoms with E-state index in [1.165, 1.54) is 0 Å². The molecule has 0 amide bonds. The van der Waals surface area contributed by atoms with Crippen molar-refractivity contribution in [3.05, 3.63) is 53.6 Å². The summed E-state index contributed by atoms with van der Waals surface area (Å²) in [5.41, 5.74) is 4.08. The Morgan fingerprint density at radius 1 is 0.800 bits per heavy atom. The minimum Gasteiger partial charge on any atom is -0.507 e. The average molecular weight is 269 g/mol. The number of hydrogen-bond donors (Lipinski definition) is 2. The summed E-state index contributed by atoms with van der Waals surface area (Å²) in [5, 5.41) is 13.8. The monoisotopic (exact) mass is 269 g/mol. The highest BCUT2D eigenvalue weighted by Crippen LogP contribution is 2.37. The predicted molar refractivity (Wildman–Crippen MR) is 86.0 cm³/mol. The molecule has 0 radical (unpaired) electrons. The molecule has 0 saturated carbocycles. The van der Waals surface area contributed by atoms with Crippen molar-refractivity contribution in [1.29, 1.82) is 0 Å². The zero-order chi connectivity index (χ0) is 14.7. The van der Waals surface area contributed by atoms with Crippen LogP contribution in [0.5, 0.6) is 5.75 Å². The molecule has 0 atom stereocenters. The molecule has 0 aliphatic rings. The van der Waals surface area contributed by atoms with Crippen molar-refractivity contribution in [2.24, 2.45) is 0 Å². The SMILES string of the molecule is CC(C)c1cc(Nc2ccccc2)cc(C(C)C)c1O. The summed E-state index contributed by atoms with van der Waals surface area (Å²) in [4.78, 5) is 0. The number of rotatable bonds is 4. The number of para-hydroxylation sites is 1. The van der Waals surface area contributed by atoms with E-state index < -0.39 is 0 Å². The fourth-order valence-corrected chi connectivity index (χ4v) is 2.32. The molecule has 2 heteroatoms. The van der Waals surface area contributed by atoms with E-state index in [9.17, 15) is 5.11 Å². The van der Waals surface area contributed by atoms with E-state index in [0.717, 1.165) is 22.5 Å². The average Bonchev–Trinajstić information content (AvgIpc) is 2.41. The summed E-state index contributed by atoms with van der Waals surface area (Å²) in [6.45, 7) is 8.41. The lowest BCUT2D eigenvalue weighted by Gasteiger charge is -2.18. The second-order valence-corrected chi connectivity index (χ2v) is 5.80. The summed E-state index contributed by atoms with van der Waals surface area (Å²) in [6.07, 6.45) is 0. The van der Waals surface area contributed by atoms with E-state index in [-0.39, 0.29) is 0 Å². The van der Waals surface area contributed by atoms with Crippen molar-refractivity contribution in [2.45, 2.75) is 39.5 Å². The highest BCUT2D eigenvalue weighted by molar-refractivity contribution is 5.64. The van der Waals surface area contributed by atoms with Gasteiger partial charge in [0.05, 0.1) is 0 Å². The van der Waals surface area contributed by atoms with Crippen molar-refractivity contribution in [3.8, 4) is 5.75 Å². The van der Waals surface area contributed by atoms with Gasteiger partial charge in [-0.1, -0.05) is 45.9 Å². The van der Waals surface area contributed by atoms with Crippen molar-refractivity contribution < 1.29 is 5.11 Å². The van der Waals surface area contributed by atoms with Gasteiger partial charge in [0.1, 0.15) is 5.75 Å². The van der Waals surface area contributed by atoms with Crippen LogP contribution in [0.3, 0.4) is 0 Å². The van der Waals surface area contributed by atoms with Gasteiger partial charge >= 0.3 is 0 Å². The largest absolute Gasteiger partial charge is 0.507 e. The molecule has 106 valence electrons.